The minimum atomic E-state index is 0.0446. The minimum absolute atomic E-state index is 0.0446. The van der Waals surface area contributed by atoms with Gasteiger partial charge in [-0.15, -0.1) is 0 Å². The highest BCUT2D eigenvalue weighted by atomic mass is 32.1. The summed E-state index contributed by atoms with van der Waals surface area (Å²) >= 11 is 3.07. The summed E-state index contributed by atoms with van der Waals surface area (Å²) in [5.41, 5.74) is 1.95. The van der Waals surface area contributed by atoms with E-state index in [9.17, 15) is 4.79 Å². The van der Waals surface area contributed by atoms with Crippen molar-refractivity contribution in [2.75, 3.05) is 25.5 Å². The Hall–Kier alpha value is -1.44. The van der Waals surface area contributed by atoms with Crippen molar-refractivity contribution >= 4 is 33.7 Å². The molecule has 124 valence electrons. The van der Waals surface area contributed by atoms with Crippen molar-refractivity contribution in [1.29, 1.82) is 0 Å². The van der Waals surface area contributed by atoms with Gasteiger partial charge in [0.1, 0.15) is 4.88 Å². The Morgan fingerprint density at radius 3 is 3.04 bits per heavy atom. The minimum Gasteiger partial charge on any atom is -0.376 e. The van der Waals surface area contributed by atoms with E-state index in [1.165, 1.54) is 11.3 Å². The van der Waals surface area contributed by atoms with Crippen LogP contribution in [0.4, 0.5) is 5.13 Å². The molecule has 3 heterocycles. The molecule has 0 spiro atoms. The van der Waals surface area contributed by atoms with E-state index in [0.29, 0.717) is 18.0 Å². The first-order valence-corrected chi connectivity index (χ1v) is 9.50. The third-order valence-electron chi connectivity index (χ3n) is 3.89. The Labute approximate surface area is 144 Å². The Balaban J connectivity index is 1.80. The zero-order chi connectivity index (χ0) is 16.2. The second kappa shape index (κ2) is 7.42. The van der Waals surface area contributed by atoms with Gasteiger partial charge in [-0.2, -0.15) is 11.3 Å². The average Bonchev–Trinajstić information content (AvgIpc) is 3.27. The number of nitrogens with zero attached hydrogens (tertiary/aromatic N) is 2. The van der Waals surface area contributed by atoms with Crippen LogP contribution in [0.15, 0.2) is 16.8 Å². The molecule has 1 saturated heterocycles. The fraction of sp³-hybridized carbons (Fsp3) is 0.500. The van der Waals surface area contributed by atoms with Crippen molar-refractivity contribution < 1.29 is 9.53 Å². The van der Waals surface area contributed by atoms with Crippen molar-refractivity contribution in [1.82, 2.24) is 9.88 Å². The number of thiazole rings is 1. The first kappa shape index (κ1) is 16.4. The second-order valence-corrected chi connectivity index (χ2v) is 7.41. The summed E-state index contributed by atoms with van der Waals surface area (Å²) < 4.78 is 5.73. The van der Waals surface area contributed by atoms with Gasteiger partial charge < -0.3 is 15.0 Å². The van der Waals surface area contributed by atoms with Gasteiger partial charge in [-0.25, -0.2) is 4.98 Å². The summed E-state index contributed by atoms with van der Waals surface area (Å²) in [6.07, 6.45) is 2.25. The van der Waals surface area contributed by atoms with E-state index < -0.39 is 0 Å². The van der Waals surface area contributed by atoms with Crippen LogP contribution in [0.1, 0.15) is 33.8 Å². The van der Waals surface area contributed by atoms with Crippen LogP contribution in [0.25, 0.3) is 0 Å². The van der Waals surface area contributed by atoms with Gasteiger partial charge in [0, 0.05) is 26.7 Å². The number of thiophene rings is 1. The molecule has 0 aliphatic carbocycles. The molecule has 2 aromatic rings. The van der Waals surface area contributed by atoms with Crippen LogP contribution < -0.4 is 5.32 Å². The maximum atomic E-state index is 13.0. The van der Waals surface area contributed by atoms with Crippen LogP contribution in [0.3, 0.4) is 0 Å². The molecule has 5 nitrogen and oxygen atoms in total. The fourth-order valence-corrected chi connectivity index (χ4v) is 4.25. The van der Waals surface area contributed by atoms with Crippen LogP contribution in [-0.2, 0) is 11.3 Å². The number of ether oxygens (including phenoxy) is 1. The SMILES string of the molecule is CNc1nc(C)c(C(=O)N(Cc2ccsc2)CC2CCCO2)s1. The van der Waals surface area contributed by atoms with Gasteiger partial charge in [-0.1, -0.05) is 11.3 Å². The first-order chi connectivity index (χ1) is 11.2. The smallest absolute Gasteiger partial charge is 0.266 e. The van der Waals surface area contributed by atoms with Gasteiger partial charge in [0.15, 0.2) is 5.13 Å². The molecule has 3 rings (SSSR count). The number of amides is 1. The number of carbonyl (C=O) groups is 1. The Kier molecular flexibility index (Phi) is 5.30. The van der Waals surface area contributed by atoms with E-state index in [2.05, 4.69) is 21.7 Å². The topological polar surface area (TPSA) is 54.5 Å². The molecule has 1 aliphatic rings. The van der Waals surface area contributed by atoms with Crippen LogP contribution in [0.2, 0.25) is 0 Å². The third-order valence-corrected chi connectivity index (χ3v) is 5.79. The Morgan fingerprint density at radius 1 is 1.57 bits per heavy atom. The van der Waals surface area contributed by atoms with Crippen LogP contribution in [-0.4, -0.2) is 42.1 Å². The standard InChI is InChI=1S/C16H21N3O2S2/c1-11-14(23-16(17-2)18-11)15(20)19(8-12-5-7-22-10-12)9-13-4-3-6-21-13/h5,7,10,13H,3-4,6,8-9H2,1-2H3,(H,17,18). The quantitative estimate of drug-likeness (QED) is 0.867. The van der Waals surface area contributed by atoms with Crippen molar-refractivity contribution in [2.45, 2.75) is 32.4 Å². The van der Waals surface area contributed by atoms with Gasteiger partial charge in [-0.3, -0.25) is 4.79 Å². The molecule has 0 saturated carbocycles. The maximum Gasteiger partial charge on any atom is 0.266 e. The maximum absolute atomic E-state index is 13.0. The average molecular weight is 351 g/mol. The fourth-order valence-electron chi connectivity index (χ4n) is 2.70. The van der Waals surface area contributed by atoms with Gasteiger partial charge in [0.25, 0.3) is 5.91 Å². The normalized spacial score (nSPS) is 17.4. The van der Waals surface area contributed by atoms with Crippen molar-refractivity contribution in [3.8, 4) is 0 Å². The highest BCUT2D eigenvalue weighted by molar-refractivity contribution is 7.17. The molecule has 1 amide bonds. The van der Waals surface area contributed by atoms with E-state index in [0.717, 1.165) is 35.8 Å². The molecule has 0 aromatic carbocycles. The second-order valence-electron chi connectivity index (χ2n) is 5.64. The van der Waals surface area contributed by atoms with E-state index in [1.807, 2.05) is 24.3 Å². The summed E-state index contributed by atoms with van der Waals surface area (Å²) in [6, 6.07) is 2.07. The molecule has 0 radical (unpaired) electrons. The lowest BCUT2D eigenvalue weighted by Gasteiger charge is -2.25. The first-order valence-electron chi connectivity index (χ1n) is 7.74. The molecular formula is C16H21N3O2S2. The highest BCUT2D eigenvalue weighted by Gasteiger charge is 2.26. The molecule has 1 fully saturated rings. The summed E-state index contributed by atoms with van der Waals surface area (Å²) in [5, 5.41) is 7.93. The van der Waals surface area contributed by atoms with Gasteiger partial charge in [0.05, 0.1) is 11.8 Å². The number of hydrogen-bond donors (Lipinski definition) is 1. The molecule has 0 bridgehead atoms. The molecule has 1 aliphatic heterocycles. The van der Waals surface area contributed by atoms with Crippen molar-refractivity contribution in [3.63, 3.8) is 0 Å². The third kappa shape index (κ3) is 3.91. The number of carbonyl (C=O) groups excluding carboxylic acids is 1. The van der Waals surface area contributed by atoms with Gasteiger partial charge in [0.2, 0.25) is 0 Å². The lowest BCUT2D eigenvalue weighted by Crippen LogP contribution is -2.36. The van der Waals surface area contributed by atoms with Crippen molar-refractivity contribution in [2.24, 2.45) is 0 Å². The molecule has 2 aromatic heterocycles. The zero-order valence-corrected chi connectivity index (χ0v) is 15.0. The lowest BCUT2D eigenvalue weighted by molar-refractivity contribution is 0.0510. The number of anilines is 1. The summed E-state index contributed by atoms with van der Waals surface area (Å²) in [6.45, 7) is 3.95. The monoisotopic (exact) mass is 351 g/mol. The summed E-state index contributed by atoms with van der Waals surface area (Å²) in [7, 11) is 1.82. The van der Waals surface area contributed by atoms with Crippen LogP contribution in [0, 0.1) is 6.92 Å². The lowest BCUT2D eigenvalue weighted by atomic mass is 10.2. The van der Waals surface area contributed by atoms with Crippen LogP contribution >= 0.6 is 22.7 Å². The number of aromatic nitrogens is 1. The Morgan fingerprint density at radius 2 is 2.43 bits per heavy atom. The summed E-state index contributed by atoms with van der Waals surface area (Å²) in [4.78, 5) is 20.0. The van der Waals surface area contributed by atoms with E-state index >= 15 is 0 Å². The largest absolute Gasteiger partial charge is 0.376 e. The van der Waals surface area contributed by atoms with Crippen molar-refractivity contribution in [3.05, 3.63) is 33.0 Å². The van der Waals surface area contributed by atoms with Gasteiger partial charge >= 0.3 is 0 Å². The molecule has 1 N–H and O–H groups in total. The van der Waals surface area contributed by atoms with Crippen LogP contribution in [0.5, 0.6) is 0 Å². The molecule has 1 unspecified atom stereocenters. The Bertz CT molecular complexity index is 648. The molecule has 1 atom stereocenters. The number of nitrogens with one attached hydrogen (secondary N) is 1. The number of aryl methyl sites for hydroxylation is 1. The van der Waals surface area contributed by atoms with E-state index in [4.69, 9.17) is 4.74 Å². The predicted molar refractivity (Wildman–Crippen MR) is 94.4 cm³/mol. The number of hydrogen-bond acceptors (Lipinski definition) is 6. The highest BCUT2D eigenvalue weighted by Crippen LogP contribution is 2.25. The molecule has 7 heteroatoms. The molecular weight excluding hydrogens is 330 g/mol. The summed E-state index contributed by atoms with van der Waals surface area (Å²) in [5.74, 6) is 0.0446. The molecule has 23 heavy (non-hydrogen) atoms. The van der Waals surface area contributed by atoms with Gasteiger partial charge in [-0.05, 0) is 42.2 Å². The predicted octanol–water partition coefficient (Wildman–Crippen LogP) is 3.38. The number of rotatable bonds is 6. The zero-order valence-electron chi connectivity index (χ0n) is 13.4. The van der Waals surface area contributed by atoms with E-state index in [1.54, 1.807) is 11.3 Å². The van der Waals surface area contributed by atoms with E-state index in [-0.39, 0.29) is 12.0 Å².